The van der Waals surface area contributed by atoms with Crippen molar-refractivity contribution >= 4 is 28.3 Å². The molecule has 0 unspecified atom stereocenters. The highest BCUT2D eigenvalue weighted by Crippen LogP contribution is 2.26. The van der Waals surface area contributed by atoms with Crippen LogP contribution in [0.15, 0.2) is 0 Å². The van der Waals surface area contributed by atoms with Gasteiger partial charge in [-0.2, -0.15) is 0 Å². The fourth-order valence-corrected chi connectivity index (χ4v) is 5.30. The first-order valence-corrected chi connectivity index (χ1v) is 9.63. The second-order valence-electron chi connectivity index (χ2n) is 6.50. The van der Waals surface area contributed by atoms with Crippen molar-refractivity contribution in [2.75, 3.05) is 45.0 Å². The summed E-state index contributed by atoms with van der Waals surface area (Å²) in [6, 6.07) is 0. The summed E-state index contributed by atoms with van der Waals surface area (Å²) >= 11 is 0. The van der Waals surface area contributed by atoms with Gasteiger partial charge in [-0.1, -0.05) is 0 Å². The molecule has 3 rings (SSSR count). The number of fused-ring (bicyclic) bond motifs is 1. The molecule has 2 atom stereocenters. The zero-order valence-corrected chi connectivity index (χ0v) is 14.5. The zero-order valence-electron chi connectivity index (χ0n) is 12.9. The smallest absolute Gasteiger partial charge is 0.222 e. The number of rotatable bonds is 5. The highest BCUT2D eigenvalue weighted by molar-refractivity contribution is 7.89. The SMILES string of the molecule is Cl.O=C(CCCS(=O)(=O)N1CCCC1)N1C[C@H]2CNC[C@H]2C1. The summed E-state index contributed by atoms with van der Waals surface area (Å²) in [6.07, 6.45) is 2.73. The molecular weight excluding hydrogens is 326 g/mol. The molecule has 8 heteroatoms. The second-order valence-corrected chi connectivity index (χ2v) is 8.59. The van der Waals surface area contributed by atoms with Gasteiger partial charge in [0.1, 0.15) is 0 Å². The second kappa shape index (κ2) is 7.47. The van der Waals surface area contributed by atoms with Gasteiger partial charge >= 0.3 is 0 Å². The van der Waals surface area contributed by atoms with Crippen molar-refractivity contribution in [2.24, 2.45) is 11.8 Å². The van der Waals surface area contributed by atoms with Crippen LogP contribution in [0.3, 0.4) is 0 Å². The Morgan fingerprint density at radius 1 is 1.09 bits per heavy atom. The Kier molecular flexibility index (Phi) is 6.10. The minimum Gasteiger partial charge on any atom is -0.342 e. The van der Waals surface area contributed by atoms with E-state index in [4.69, 9.17) is 0 Å². The molecular formula is C14H26ClN3O3S. The van der Waals surface area contributed by atoms with E-state index in [0.717, 1.165) is 39.0 Å². The number of hydrogen-bond acceptors (Lipinski definition) is 4. The molecule has 1 N–H and O–H groups in total. The van der Waals surface area contributed by atoms with Gasteiger partial charge in [0.15, 0.2) is 0 Å². The molecule has 0 aromatic heterocycles. The quantitative estimate of drug-likeness (QED) is 0.773. The number of carbonyl (C=O) groups excluding carboxylic acids is 1. The normalized spacial score (nSPS) is 28.6. The lowest BCUT2D eigenvalue weighted by Crippen LogP contribution is -2.33. The third-order valence-corrected chi connectivity index (χ3v) is 6.95. The van der Waals surface area contributed by atoms with E-state index in [1.165, 1.54) is 0 Å². The van der Waals surface area contributed by atoms with Gasteiger partial charge in [-0.05, 0) is 31.1 Å². The molecule has 0 aromatic rings. The van der Waals surface area contributed by atoms with Gasteiger partial charge in [0, 0.05) is 45.7 Å². The molecule has 0 aliphatic carbocycles. The third kappa shape index (κ3) is 3.93. The van der Waals surface area contributed by atoms with Crippen LogP contribution in [-0.2, 0) is 14.8 Å². The predicted molar refractivity (Wildman–Crippen MR) is 87.5 cm³/mol. The zero-order chi connectivity index (χ0) is 14.9. The molecule has 3 heterocycles. The number of carbonyl (C=O) groups is 1. The van der Waals surface area contributed by atoms with Crippen molar-refractivity contribution in [1.82, 2.24) is 14.5 Å². The van der Waals surface area contributed by atoms with E-state index in [1.807, 2.05) is 4.90 Å². The summed E-state index contributed by atoms with van der Waals surface area (Å²) in [7, 11) is -3.14. The molecule has 22 heavy (non-hydrogen) atoms. The van der Waals surface area contributed by atoms with Gasteiger partial charge in [0.05, 0.1) is 5.75 Å². The van der Waals surface area contributed by atoms with E-state index in [9.17, 15) is 13.2 Å². The molecule has 0 spiro atoms. The number of likely N-dealkylation sites (tertiary alicyclic amines) is 1. The molecule has 3 saturated heterocycles. The molecule has 3 aliphatic rings. The largest absolute Gasteiger partial charge is 0.342 e. The summed E-state index contributed by atoms with van der Waals surface area (Å²) in [5.74, 6) is 1.44. The number of nitrogens with one attached hydrogen (secondary N) is 1. The van der Waals surface area contributed by atoms with E-state index >= 15 is 0 Å². The van der Waals surface area contributed by atoms with Gasteiger partial charge in [0.2, 0.25) is 15.9 Å². The number of hydrogen-bond donors (Lipinski definition) is 1. The summed E-state index contributed by atoms with van der Waals surface area (Å²) in [5.41, 5.74) is 0. The van der Waals surface area contributed by atoms with Crippen LogP contribution in [0.1, 0.15) is 25.7 Å². The van der Waals surface area contributed by atoms with E-state index in [0.29, 0.717) is 37.8 Å². The van der Waals surface area contributed by atoms with Crippen LogP contribution in [0, 0.1) is 11.8 Å². The van der Waals surface area contributed by atoms with Gasteiger partial charge in [-0.3, -0.25) is 4.79 Å². The molecule has 3 aliphatic heterocycles. The molecule has 6 nitrogen and oxygen atoms in total. The molecule has 1 amide bonds. The lowest BCUT2D eigenvalue weighted by Gasteiger charge is -2.18. The molecule has 0 saturated carbocycles. The summed E-state index contributed by atoms with van der Waals surface area (Å²) in [5, 5.41) is 3.36. The third-order valence-electron chi connectivity index (χ3n) is 4.99. The van der Waals surface area contributed by atoms with Gasteiger partial charge in [0.25, 0.3) is 0 Å². The van der Waals surface area contributed by atoms with Crippen molar-refractivity contribution < 1.29 is 13.2 Å². The van der Waals surface area contributed by atoms with Crippen LogP contribution in [0.4, 0.5) is 0 Å². The number of sulfonamides is 1. The van der Waals surface area contributed by atoms with Crippen molar-refractivity contribution in [3.05, 3.63) is 0 Å². The first kappa shape index (κ1) is 18.0. The Morgan fingerprint density at radius 2 is 1.68 bits per heavy atom. The first-order valence-electron chi connectivity index (χ1n) is 8.02. The van der Waals surface area contributed by atoms with Crippen LogP contribution in [-0.4, -0.2) is 68.6 Å². The van der Waals surface area contributed by atoms with Crippen LogP contribution in [0.2, 0.25) is 0 Å². The maximum Gasteiger partial charge on any atom is 0.222 e. The summed E-state index contributed by atoms with van der Waals surface area (Å²) in [6.45, 7) is 5.01. The van der Waals surface area contributed by atoms with Crippen LogP contribution < -0.4 is 5.32 Å². The number of amides is 1. The van der Waals surface area contributed by atoms with Crippen molar-refractivity contribution in [3.8, 4) is 0 Å². The monoisotopic (exact) mass is 351 g/mol. The summed E-state index contributed by atoms with van der Waals surface area (Å²) in [4.78, 5) is 14.1. The average Bonchev–Trinajstić information content (AvgIpc) is 3.14. The Hall–Kier alpha value is -0.370. The Balaban J connectivity index is 0.00000176. The minimum absolute atomic E-state index is 0. The van der Waals surface area contributed by atoms with Gasteiger partial charge in [-0.25, -0.2) is 12.7 Å². The maximum atomic E-state index is 12.2. The number of halogens is 1. The van der Waals surface area contributed by atoms with Crippen LogP contribution >= 0.6 is 12.4 Å². The molecule has 0 radical (unpaired) electrons. The van der Waals surface area contributed by atoms with E-state index < -0.39 is 10.0 Å². The minimum atomic E-state index is -3.14. The average molecular weight is 352 g/mol. The van der Waals surface area contributed by atoms with Gasteiger partial charge < -0.3 is 10.2 Å². The fraction of sp³-hybridized carbons (Fsp3) is 0.929. The van der Waals surface area contributed by atoms with Crippen molar-refractivity contribution in [2.45, 2.75) is 25.7 Å². The first-order chi connectivity index (χ1) is 10.1. The van der Waals surface area contributed by atoms with E-state index in [1.54, 1.807) is 4.31 Å². The van der Waals surface area contributed by atoms with Crippen molar-refractivity contribution in [1.29, 1.82) is 0 Å². The topological polar surface area (TPSA) is 69.7 Å². The highest BCUT2D eigenvalue weighted by Gasteiger charge is 2.37. The Bertz CT molecular complexity index is 482. The molecule has 3 fully saturated rings. The molecule has 128 valence electrons. The van der Waals surface area contributed by atoms with Crippen LogP contribution in [0.5, 0.6) is 0 Å². The predicted octanol–water partition coefficient (Wildman–Crippen LogP) is 0.292. The Labute approximate surface area is 139 Å². The summed E-state index contributed by atoms with van der Waals surface area (Å²) < 4.78 is 25.7. The van der Waals surface area contributed by atoms with Crippen molar-refractivity contribution in [3.63, 3.8) is 0 Å². The van der Waals surface area contributed by atoms with Crippen LogP contribution in [0.25, 0.3) is 0 Å². The van der Waals surface area contributed by atoms with E-state index in [-0.39, 0.29) is 24.1 Å². The maximum absolute atomic E-state index is 12.2. The Morgan fingerprint density at radius 3 is 2.27 bits per heavy atom. The molecule has 0 aromatic carbocycles. The number of nitrogens with zero attached hydrogens (tertiary/aromatic N) is 2. The molecule has 0 bridgehead atoms. The highest BCUT2D eigenvalue weighted by atomic mass is 35.5. The standard InChI is InChI=1S/C14H25N3O3S.ClH/c18-14(16-10-12-8-15-9-13(12)11-16)4-3-7-21(19,20)17-5-1-2-6-17;/h12-13,15H,1-11H2;1H/t12-,13+;. The lowest BCUT2D eigenvalue weighted by molar-refractivity contribution is -0.130. The van der Waals surface area contributed by atoms with E-state index in [2.05, 4.69) is 5.32 Å². The van der Waals surface area contributed by atoms with Gasteiger partial charge in [-0.15, -0.1) is 12.4 Å². The fourth-order valence-electron chi connectivity index (χ4n) is 3.72. The lowest BCUT2D eigenvalue weighted by atomic mass is 10.0.